The van der Waals surface area contributed by atoms with Crippen LogP contribution in [0.4, 0.5) is 0 Å². The number of phenolic OH excluding ortho intramolecular Hbond substituents is 1. The van der Waals surface area contributed by atoms with E-state index in [9.17, 15) is 9.90 Å². The molecule has 0 atom stereocenters. The number of nitrogens with zero attached hydrogens (tertiary/aromatic N) is 1. The van der Waals surface area contributed by atoms with E-state index in [1.807, 2.05) is 6.07 Å². The first kappa shape index (κ1) is 12.8. The molecule has 1 aliphatic heterocycles. The fourth-order valence-electron chi connectivity index (χ4n) is 1.69. The van der Waals surface area contributed by atoms with Crippen LogP contribution in [-0.2, 0) is 11.3 Å². The van der Waals surface area contributed by atoms with Crippen LogP contribution < -0.4 is 5.32 Å². The summed E-state index contributed by atoms with van der Waals surface area (Å²) in [5, 5.41) is 12.3. The summed E-state index contributed by atoms with van der Waals surface area (Å²) < 4.78 is 0. The molecule has 1 saturated heterocycles. The van der Waals surface area contributed by atoms with Gasteiger partial charge >= 0.3 is 0 Å². The van der Waals surface area contributed by atoms with Crippen molar-refractivity contribution in [2.45, 2.75) is 6.54 Å². The van der Waals surface area contributed by atoms with E-state index in [-0.39, 0.29) is 24.1 Å². The van der Waals surface area contributed by atoms with Crippen molar-refractivity contribution in [1.29, 1.82) is 0 Å². The number of aromatic hydroxyl groups is 1. The van der Waals surface area contributed by atoms with Gasteiger partial charge in [0.1, 0.15) is 5.75 Å². The number of carbonyl (C=O) groups excluding carboxylic acids is 1. The number of hydrogen-bond acceptors (Lipinski definition) is 3. The van der Waals surface area contributed by atoms with E-state index in [0.29, 0.717) is 13.1 Å². The molecule has 0 unspecified atom stereocenters. The average molecular weight is 243 g/mol. The average Bonchev–Trinajstić information content (AvgIpc) is 2.22. The summed E-state index contributed by atoms with van der Waals surface area (Å²) in [7, 11) is 0. The number of phenols is 1. The summed E-state index contributed by atoms with van der Waals surface area (Å²) in [4.78, 5) is 13.3. The second-order valence-electron chi connectivity index (χ2n) is 3.66. The van der Waals surface area contributed by atoms with Crippen molar-refractivity contribution in [3.63, 3.8) is 0 Å². The fraction of sp³-hybridized carbons (Fsp3) is 0.364. The summed E-state index contributed by atoms with van der Waals surface area (Å²) in [6.45, 7) is 2.56. The number of rotatable bonds is 2. The molecule has 0 saturated carbocycles. The molecule has 4 nitrogen and oxygen atoms in total. The van der Waals surface area contributed by atoms with E-state index in [1.54, 1.807) is 23.1 Å². The van der Waals surface area contributed by atoms with Gasteiger partial charge in [0.25, 0.3) is 0 Å². The molecule has 1 fully saturated rings. The third-order valence-corrected chi connectivity index (χ3v) is 2.47. The molecule has 2 rings (SSSR count). The summed E-state index contributed by atoms with van der Waals surface area (Å²) in [6, 6.07) is 7.02. The molecule has 0 spiro atoms. The number of nitrogens with one attached hydrogen (secondary N) is 1. The van der Waals surface area contributed by atoms with E-state index >= 15 is 0 Å². The van der Waals surface area contributed by atoms with Crippen molar-refractivity contribution >= 4 is 18.3 Å². The van der Waals surface area contributed by atoms with Crippen molar-refractivity contribution in [1.82, 2.24) is 10.2 Å². The number of benzene rings is 1. The zero-order valence-corrected chi connectivity index (χ0v) is 9.67. The maximum absolute atomic E-state index is 11.5. The molecule has 1 aliphatic rings. The predicted octanol–water partition coefficient (Wildman–Crippen LogP) is 0.746. The molecule has 1 aromatic carbocycles. The van der Waals surface area contributed by atoms with Crippen LogP contribution >= 0.6 is 12.4 Å². The molecule has 0 bridgehead atoms. The van der Waals surface area contributed by atoms with Crippen LogP contribution in [0, 0.1) is 0 Å². The van der Waals surface area contributed by atoms with Crippen LogP contribution in [0.2, 0.25) is 0 Å². The smallest absolute Gasteiger partial charge is 0.236 e. The molecule has 0 radical (unpaired) electrons. The van der Waals surface area contributed by atoms with Gasteiger partial charge in [0.2, 0.25) is 5.91 Å². The van der Waals surface area contributed by atoms with E-state index < -0.39 is 0 Å². The first-order valence-corrected chi connectivity index (χ1v) is 5.02. The Labute approximate surface area is 101 Å². The Hall–Kier alpha value is -1.26. The first-order chi connectivity index (χ1) is 7.25. The van der Waals surface area contributed by atoms with Gasteiger partial charge in [-0.3, -0.25) is 4.79 Å². The van der Waals surface area contributed by atoms with Crippen LogP contribution in [0.3, 0.4) is 0 Å². The second kappa shape index (κ2) is 5.72. The summed E-state index contributed by atoms with van der Waals surface area (Å²) >= 11 is 0. The second-order valence-corrected chi connectivity index (χ2v) is 3.66. The molecule has 5 heteroatoms. The van der Waals surface area contributed by atoms with Crippen LogP contribution in [0.25, 0.3) is 0 Å². The van der Waals surface area contributed by atoms with Gasteiger partial charge in [-0.2, -0.15) is 0 Å². The van der Waals surface area contributed by atoms with Crippen LogP contribution in [0.15, 0.2) is 24.3 Å². The zero-order valence-electron chi connectivity index (χ0n) is 8.85. The minimum Gasteiger partial charge on any atom is -0.508 e. The van der Waals surface area contributed by atoms with Crippen molar-refractivity contribution in [2.24, 2.45) is 0 Å². The number of hydrogen-bond donors (Lipinski definition) is 2. The Kier molecular flexibility index (Phi) is 4.58. The van der Waals surface area contributed by atoms with Gasteiger partial charge in [0.15, 0.2) is 0 Å². The highest BCUT2D eigenvalue weighted by molar-refractivity contribution is 5.85. The molecule has 0 aliphatic carbocycles. The largest absolute Gasteiger partial charge is 0.508 e. The molecule has 0 aromatic heterocycles. The van der Waals surface area contributed by atoms with E-state index in [0.717, 1.165) is 18.7 Å². The number of piperazine rings is 1. The standard InChI is InChI=1S/C11H14N2O2.ClH/c14-10-3-1-2-9(6-10)8-13-5-4-12-7-11(13)15;/h1-3,6,12,14H,4-5,7-8H2;1H. The minimum absolute atomic E-state index is 0. The molecular formula is C11H15ClN2O2. The lowest BCUT2D eigenvalue weighted by molar-refractivity contribution is -0.132. The molecule has 1 aromatic rings. The predicted molar refractivity (Wildman–Crippen MR) is 63.6 cm³/mol. The number of carbonyl (C=O) groups is 1. The van der Waals surface area contributed by atoms with Gasteiger partial charge in [-0.25, -0.2) is 0 Å². The van der Waals surface area contributed by atoms with Crippen LogP contribution in [-0.4, -0.2) is 35.5 Å². The Morgan fingerprint density at radius 1 is 1.44 bits per heavy atom. The highest BCUT2D eigenvalue weighted by Gasteiger charge is 2.17. The SMILES string of the molecule is Cl.O=C1CNCCN1Cc1cccc(O)c1. The van der Waals surface area contributed by atoms with Gasteiger partial charge in [-0.05, 0) is 17.7 Å². The summed E-state index contributed by atoms with van der Waals surface area (Å²) in [5.41, 5.74) is 0.963. The molecule has 1 amide bonds. The highest BCUT2D eigenvalue weighted by Crippen LogP contribution is 2.13. The fourth-order valence-corrected chi connectivity index (χ4v) is 1.69. The Balaban J connectivity index is 0.00000128. The Morgan fingerprint density at radius 3 is 2.94 bits per heavy atom. The Bertz CT molecular complexity index is 371. The van der Waals surface area contributed by atoms with Gasteiger partial charge in [-0.15, -0.1) is 12.4 Å². The van der Waals surface area contributed by atoms with Gasteiger partial charge in [0.05, 0.1) is 6.54 Å². The maximum Gasteiger partial charge on any atom is 0.236 e. The first-order valence-electron chi connectivity index (χ1n) is 5.02. The monoisotopic (exact) mass is 242 g/mol. The van der Waals surface area contributed by atoms with E-state index in [2.05, 4.69) is 5.32 Å². The zero-order chi connectivity index (χ0) is 10.7. The lowest BCUT2D eigenvalue weighted by Gasteiger charge is -2.27. The van der Waals surface area contributed by atoms with Crippen molar-refractivity contribution < 1.29 is 9.90 Å². The molecule has 16 heavy (non-hydrogen) atoms. The molecule has 2 N–H and O–H groups in total. The number of halogens is 1. The van der Waals surface area contributed by atoms with E-state index in [1.165, 1.54) is 0 Å². The number of amides is 1. The van der Waals surface area contributed by atoms with Crippen molar-refractivity contribution in [2.75, 3.05) is 19.6 Å². The molecule has 1 heterocycles. The van der Waals surface area contributed by atoms with Crippen LogP contribution in [0.1, 0.15) is 5.56 Å². The molecule has 88 valence electrons. The van der Waals surface area contributed by atoms with E-state index in [4.69, 9.17) is 0 Å². The van der Waals surface area contributed by atoms with Gasteiger partial charge in [-0.1, -0.05) is 12.1 Å². The normalized spacial score (nSPS) is 15.8. The van der Waals surface area contributed by atoms with Crippen molar-refractivity contribution in [3.8, 4) is 5.75 Å². The summed E-state index contributed by atoms with van der Waals surface area (Å²) in [5.74, 6) is 0.361. The maximum atomic E-state index is 11.5. The molecular weight excluding hydrogens is 228 g/mol. The third-order valence-electron chi connectivity index (χ3n) is 2.47. The topological polar surface area (TPSA) is 52.6 Å². The minimum atomic E-state index is 0. The highest BCUT2D eigenvalue weighted by atomic mass is 35.5. The quantitative estimate of drug-likeness (QED) is 0.805. The van der Waals surface area contributed by atoms with Crippen molar-refractivity contribution in [3.05, 3.63) is 29.8 Å². The summed E-state index contributed by atoms with van der Waals surface area (Å²) in [6.07, 6.45) is 0. The third kappa shape index (κ3) is 3.12. The van der Waals surface area contributed by atoms with Gasteiger partial charge in [0, 0.05) is 19.6 Å². The van der Waals surface area contributed by atoms with Crippen LogP contribution in [0.5, 0.6) is 5.75 Å². The Morgan fingerprint density at radius 2 is 2.25 bits per heavy atom. The lowest BCUT2D eigenvalue weighted by Crippen LogP contribution is -2.47. The lowest BCUT2D eigenvalue weighted by atomic mass is 10.2. The van der Waals surface area contributed by atoms with Gasteiger partial charge < -0.3 is 15.3 Å².